The first-order valence-corrected chi connectivity index (χ1v) is 11.8. The molecule has 6 nitrogen and oxygen atoms in total. The molecule has 0 atom stereocenters. The number of para-hydroxylation sites is 2. The van der Waals surface area contributed by atoms with Crippen LogP contribution in [0.5, 0.6) is 0 Å². The maximum Gasteiger partial charge on any atom is 0.165 e. The lowest BCUT2D eigenvalue weighted by molar-refractivity contribution is 0.927. The van der Waals surface area contributed by atoms with Gasteiger partial charge in [-0.2, -0.15) is 10.5 Å². The topological polar surface area (TPSA) is 91.2 Å². The highest BCUT2D eigenvalue weighted by Gasteiger charge is 2.18. The van der Waals surface area contributed by atoms with Crippen LogP contribution >= 0.6 is 0 Å². The van der Waals surface area contributed by atoms with Crippen LogP contribution in [0.2, 0.25) is 0 Å². The summed E-state index contributed by atoms with van der Waals surface area (Å²) in [5, 5.41) is 21.3. The number of fused-ring (bicyclic) bond motifs is 3. The van der Waals surface area contributed by atoms with Crippen LogP contribution in [0.25, 0.3) is 50.0 Å². The summed E-state index contributed by atoms with van der Waals surface area (Å²) in [5.41, 5.74) is 6.55. The highest BCUT2D eigenvalue weighted by Crippen LogP contribution is 2.37. The van der Waals surface area contributed by atoms with Gasteiger partial charge in [-0.05, 0) is 61.4 Å². The molecule has 0 saturated carbocycles. The highest BCUT2D eigenvalue weighted by atomic mass is 15.0. The number of nitrogens with zero attached hydrogens (tertiary/aromatic N) is 6. The summed E-state index contributed by atoms with van der Waals surface area (Å²) >= 11 is 0. The largest absolute Gasteiger partial charge is 0.308 e. The number of benzene rings is 4. The Morgan fingerprint density at radius 1 is 0.649 bits per heavy atom. The fourth-order valence-electron chi connectivity index (χ4n) is 4.95. The molecule has 0 N–H and O–H groups in total. The number of aryl methyl sites for hydroxylation is 2. The van der Waals surface area contributed by atoms with Gasteiger partial charge in [-0.15, -0.1) is 0 Å². The molecule has 2 heterocycles. The van der Waals surface area contributed by atoms with Gasteiger partial charge in [0.1, 0.15) is 11.6 Å². The van der Waals surface area contributed by atoms with E-state index in [1.165, 1.54) is 0 Å². The standard InChI is InChI=1S/C31H20N6/c1-19-34-20(2)36-31(35-19)27-8-4-6-10-29(27)37-28-9-5-3-7-25(28)26-14-12-22(16-30(26)37)24-13-11-21(17-32)15-23(24)18-33/h3-16H,1-2H3. The van der Waals surface area contributed by atoms with Crippen LogP contribution < -0.4 is 0 Å². The van der Waals surface area contributed by atoms with Crippen LogP contribution in [0.15, 0.2) is 84.9 Å². The fraction of sp³-hybridized carbons (Fsp3) is 0.0645. The third-order valence-electron chi connectivity index (χ3n) is 6.50. The zero-order valence-corrected chi connectivity index (χ0v) is 20.3. The maximum atomic E-state index is 9.78. The number of hydrogen-bond donors (Lipinski definition) is 0. The van der Waals surface area contributed by atoms with Crippen molar-refractivity contribution in [2.45, 2.75) is 13.8 Å². The summed E-state index contributed by atoms with van der Waals surface area (Å²) in [6, 6.07) is 32.2. The average Bonchev–Trinajstić information content (AvgIpc) is 3.25. The van der Waals surface area contributed by atoms with E-state index in [1.54, 1.807) is 12.1 Å². The second-order valence-electron chi connectivity index (χ2n) is 8.84. The van der Waals surface area contributed by atoms with Crippen molar-refractivity contribution in [2.24, 2.45) is 0 Å². The summed E-state index contributed by atoms with van der Waals surface area (Å²) < 4.78 is 2.23. The molecule has 0 amide bonds. The molecule has 37 heavy (non-hydrogen) atoms. The van der Waals surface area contributed by atoms with E-state index in [4.69, 9.17) is 0 Å². The van der Waals surface area contributed by atoms with Crippen LogP contribution in [0.3, 0.4) is 0 Å². The van der Waals surface area contributed by atoms with E-state index in [9.17, 15) is 10.5 Å². The van der Waals surface area contributed by atoms with E-state index >= 15 is 0 Å². The number of rotatable bonds is 3. The van der Waals surface area contributed by atoms with Gasteiger partial charge in [0.2, 0.25) is 0 Å². The van der Waals surface area contributed by atoms with Crippen LogP contribution in [-0.2, 0) is 0 Å². The van der Waals surface area contributed by atoms with Crippen molar-refractivity contribution in [3.05, 3.63) is 108 Å². The Morgan fingerprint density at radius 3 is 2.16 bits per heavy atom. The third kappa shape index (κ3) is 3.69. The maximum absolute atomic E-state index is 9.78. The van der Waals surface area contributed by atoms with Crippen LogP contribution in [-0.4, -0.2) is 19.5 Å². The van der Waals surface area contributed by atoms with Crippen molar-refractivity contribution in [2.75, 3.05) is 0 Å². The third-order valence-corrected chi connectivity index (χ3v) is 6.50. The first-order valence-electron chi connectivity index (χ1n) is 11.8. The zero-order chi connectivity index (χ0) is 25.5. The Bertz CT molecular complexity index is 1910. The smallest absolute Gasteiger partial charge is 0.165 e. The molecule has 0 fully saturated rings. The van der Waals surface area contributed by atoms with Crippen molar-refractivity contribution < 1.29 is 0 Å². The van der Waals surface area contributed by atoms with Gasteiger partial charge in [0.05, 0.1) is 40.0 Å². The minimum absolute atomic E-state index is 0.465. The molecule has 0 spiro atoms. The molecule has 174 valence electrons. The molecular formula is C31H20N6. The highest BCUT2D eigenvalue weighted by molar-refractivity contribution is 6.10. The van der Waals surface area contributed by atoms with Gasteiger partial charge >= 0.3 is 0 Å². The van der Waals surface area contributed by atoms with E-state index in [1.807, 2.05) is 56.3 Å². The Hall–Kier alpha value is -5.33. The Kier molecular flexibility index (Phi) is 5.22. The lowest BCUT2D eigenvalue weighted by Crippen LogP contribution is -2.03. The molecule has 0 bridgehead atoms. The zero-order valence-electron chi connectivity index (χ0n) is 20.3. The minimum Gasteiger partial charge on any atom is -0.308 e. The number of nitriles is 2. The predicted molar refractivity (Wildman–Crippen MR) is 144 cm³/mol. The predicted octanol–water partition coefficient (Wildman–Crippen LogP) is 6.66. The van der Waals surface area contributed by atoms with Crippen LogP contribution in [0.4, 0.5) is 0 Å². The Labute approximate surface area is 213 Å². The number of aromatic nitrogens is 4. The quantitative estimate of drug-likeness (QED) is 0.285. The van der Waals surface area contributed by atoms with Gasteiger partial charge in [0.25, 0.3) is 0 Å². The molecule has 0 radical (unpaired) electrons. The molecule has 0 aliphatic rings. The lowest BCUT2D eigenvalue weighted by atomic mass is 9.97. The second-order valence-corrected chi connectivity index (χ2v) is 8.84. The molecule has 0 unspecified atom stereocenters. The van der Waals surface area contributed by atoms with Crippen LogP contribution in [0, 0.1) is 36.5 Å². The monoisotopic (exact) mass is 476 g/mol. The van der Waals surface area contributed by atoms with Gasteiger partial charge < -0.3 is 4.57 Å². The normalized spacial score (nSPS) is 10.9. The van der Waals surface area contributed by atoms with E-state index in [-0.39, 0.29) is 0 Å². The molecule has 6 rings (SSSR count). The minimum atomic E-state index is 0.465. The fourth-order valence-corrected chi connectivity index (χ4v) is 4.95. The summed E-state index contributed by atoms with van der Waals surface area (Å²) in [6.45, 7) is 3.75. The molecule has 0 aliphatic heterocycles. The molecule has 0 saturated heterocycles. The Morgan fingerprint density at radius 2 is 1.38 bits per heavy atom. The molecule has 4 aromatic carbocycles. The first-order chi connectivity index (χ1) is 18.1. The van der Waals surface area contributed by atoms with Crippen molar-refractivity contribution in [3.8, 4) is 40.3 Å². The summed E-state index contributed by atoms with van der Waals surface area (Å²) in [6.07, 6.45) is 0. The van der Waals surface area contributed by atoms with E-state index < -0.39 is 0 Å². The summed E-state index contributed by atoms with van der Waals surface area (Å²) in [7, 11) is 0. The molecule has 6 heteroatoms. The van der Waals surface area contributed by atoms with E-state index in [2.05, 4.69) is 62.0 Å². The number of hydrogen-bond acceptors (Lipinski definition) is 5. The van der Waals surface area contributed by atoms with E-state index in [0.29, 0.717) is 28.6 Å². The molecular weight excluding hydrogens is 456 g/mol. The molecule has 2 aromatic heterocycles. The SMILES string of the molecule is Cc1nc(C)nc(-c2ccccc2-n2c3ccccc3c3ccc(-c4ccc(C#N)cc4C#N)cc32)n1. The summed E-state index contributed by atoms with van der Waals surface area (Å²) in [5.74, 6) is 1.97. The van der Waals surface area contributed by atoms with Crippen molar-refractivity contribution in [1.82, 2.24) is 19.5 Å². The van der Waals surface area contributed by atoms with Crippen molar-refractivity contribution >= 4 is 21.8 Å². The van der Waals surface area contributed by atoms with Gasteiger partial charge in [-0.25, -0.2) is 15.0 Å². The van der Waals surface area contributed by atoms with Gasteiger partial charge in [-0.1, -0.05) is 48.5 Å². The van der Waals surface area contributed by atoms with Gasteiger partial charge in [0, 0.05) is 16.3 Å². The van der Waals surface area contributed by atoms with Gasteiger partial charge in [-0.3, -0.25) is 0 Å². The Balaban J connectivity index is 1.67. The van der Waals surface area contributed by atoms with Crippen molar-refractivity contribution in [3.63, 3.8) is 0 Å². The summed E-state index contributed by atoms with van der Waals surface area (Å²) in [4.78, 5) is 13.6. The second kappa shape index (κ2) is 8.71. The van der Waals surface area contributed by atoms with Crippen LogP contribution in [0.1, 0.15) is 22.8 Å². The lowest BCUT2D eigenvalue weighted by Gasteiger charge is -2.14. The molecule has 0 aliphatic carbocycles. The average molecular weight is 477 g/mol. The van der Waals surface area contributed by atoms with Crippen molar-refractivity contribution in [1.29, 1.82) is 10.5 Å². The van der Waals surface area contributed by atoms with Gasteiger partial charge in [0.15, 0.2) is 5.82 Å². The van der Waals surface area contributed by atoms with E-state index in [0.717, 1.165) is 44.2 Å². The molecule has 6 aromatic rings. The first kappa shape index (κ1) is 22.2.